The first-order chi connectivity index (χ1) is 25.5. The summed E-state index contributed by atoms with van der Waals surface area (Å²) in [4.78, 5) is 29.4. The number of carbonyl (C=O) groups excluding carboxylic acids is 2. The number of methoxy groups -OCH3 is 1. The number of halogens is 1. The third kappa shape index (κ3) is 7.15. The lowest BCUT2D eigenvalue weighted by molar-refractivity contribution is -0.146. The third-order valence-electron chi connectivity index (χ3n) is 11.3. The van der Waals surface area contributed by atoms with Gasteiger partial charge in [-0.05, 0) is 80.4 Å². The van der Waals surface area contributed by atoms with Gasteiger partial charge in [-0.15, -0.1) is 5.10 Å². The van der Waals surface area contributed by atoms with E-state index in [-0.39, 0.29) is 36.8 Å². The van der Waals surface area contributed by atoms with Crippen LogP contribution in [0.4, 0.5) is 15.5 Å². The second-order valence-corrected chi connectivity index (χ2v) is 18.9. The zero-order valence-electron chi connectivity index (χ0n) is 30.8. The molecule has 7 rings (SSSR count). The number of fused-ring (bicyclic) bond motifs is 2. The summed E-state index contributed by atoms with van der Waals surface area (Å²) in [5.74, 6) is -0.462. The van der Waals surface area contributed by atoms with E-state index in [1.54, 1.807) is 29.8 Å². The van der Waals surface area contributed by atoms with Crippen molar-refractivity contribution in [2.75, 3.05) is 37.0 Å². The second-order valence-electron chi connectivity index (χ2n) is 15.1. The predicted molar refractivity (Wildman–Crippen MR) is 203 cm³/mol. The summed E-state index contributed by atoms with van der Waals surface area (Å²) in [5, 5.41) is 25.2. The number of amides is 2. The minimum absolute atomic E-state index is 0.00565. The van der Waals surface area contributed by atoms with E-state index in [0.717, 1.165) is 30.5 Å². The molecule has 2 saturated heterocycles. The topological polar surface area (TPSA) is 131 Å². The Kier molecular flexibility index (Phi) is 10.5. The summed E-state index contributed by atoms with van der Waals surface area (Å²) in [6.45, 7) is 7.51. The van der Waals surface area contributed by atoms with Gasteiger partial charge in [-0.3, -0.25) is 14.3 Å². The van der Waals surface area contributed by atoms with Crippen molar-refractivity contribution >= 4 is 31.6 Å². The molecule has 13 heteroatoms. The molecule has 280 valence electrons. The molecule has 3 aliphatic rings. The summed E-state index contributed by atoms with van der Waals surface area (Å²) in [6.07, 6.45) is 3.53. The van der Waals surface area contributed by atoms with Crippen LogP contribution in [0.15, 0.2) is 79.0 Å². The van der Waals surface area contributed by atoms with Crippen molar-refractivity contribution in [1.29, 1.82) is 0 Å². The standard InChI is InChI=1S/C40H49FN6O5Si/c1-26-37(53(3,4)41)36(18-20-46-24-34(44-45-46)32(25-48)28-9-6-5-7-10-28)52-40(26)33-21-31(51-2)16-17-35(33)47(39(40)50)23-27-12-14-30(15-13-27)43-38(49)29-11-8-19-42-22-29/h5-7,9-10,12-17,21,24,26,29,32,36-37,42,48H,8,11,18-20,22-23,25H2,1-4H3,(H,43,49)/t26-,29?,32?,36+,37-,40+/m0/s1. The maximum atomic E-state index is 16.5. The fourth-order valence-corrected chi connectivity index (χ4v) is 11.2. The van der Waals surface area contributed by atoms with Crippen LogP contribution in [0.3, 0.4) is 0 Å². The smallest absolute Gasteiger partial charge is 0.264 e. The summed E-state index contributed by atoms with van der Waals surface area (Å²) in [7, 11) is -1.80. The van der Waals surface area contributed by atoms with Crippen LogP contribution in [0.25, 0.3) is 0 Å². The molecule has 4 heterocycles. The molecule has 3 aromatic carbocycles. The highest BCUT2D eigenvalue weighted by molar-refractivity contribution is 6.72. The molecule has 3 N–H and O–H groups in total. The first kappa shape index (κ1) is 36.9. The van der Waals surface area contributed by atoms with Crippen LogP contribution in [0.5, 0.6) is 5.75 Å². The first-order valence-corrected chi connectivity index (χ1v) is 21.5. The van der Waals surface area contributed by atoms with Gasteiger partial charge in [0.1, 0.15) is 5.75 Å². The average Bonchev–Trinajstić information content (AvgIpc) is 3.82. The first-order valence-electron chi connectivity index (χ1n) is 18.6. The number of benzene rings is 3. The fourth-order valence-electron chi connectivity index (χ4n) is 8.67. The number of nitrogens with zero attached hydrogens (tertiary/aromatic N) is 4. The summed E-state index contributed by atoms with van der Waals surface area (Å²) < 4.78 is 30.7. The summed E-state index contributed by atoms with van der Waals surface area (Å²) in [6, 6.07) is 22.8. The number of hydrogen-bond acceptors (Lipinski definition) is 8. The Balaban J connectivity index is 1.13. The van der Waals surface area contributed by atoms with Crippen molar-refractivity contribution in [3.8, 4) is 5.75 Å². The van der Waals surface area contributed by atoms with Crippen LogP contribution in [0, 0.1) is 11.8 Å². The lowest BCUT2D eigenvalue weighted by Crippen LogP contribution is -2.45. The summed E-state index contributed by atoms with van der Waals surface area (Å²) in [5.41, 5.74) is 2.68. The van der Waals surface area contributed by atoms with Crippen LogP contribution in [-0.4, -0.2) is 73.2 Å². The van der Waals surface area contributed by atoms with Crippen molar-refractivity contribution in [2.24, 2.45) is 11.8 Å². The Morgan fingerprint density at radius 1 is 1.17 bits per heavy atom. The normalized spacial score (nSPS) is 24.7. The average molecular weight is 741 g/mol. The highest BCUT2D eigenvalue weighted by atomic mass is 28.4. The Bertz CT molecular complexity index is 1910. The molecule has 0 saturated carbocycles. The maximum absolute atomic E-state index is 16.5. The molecule has 0 bridgehead atoms. The van der Waals surface area contributed by atoms with Gasteiger partial charge in [-0.2, -0.15) is 0 Å². The molecule has 53 heavy (non-hydrogen) atoms. The number of aliphatic hydroxyl groups is 1. The highest BCUT2D eigenvalue weighted by Crippen LogP contribution is 2.60. The summed E-state index contributed by atoms with van der Waals surface area (Å²) >= 11 is 0. The van der Waals surface area contributed by atoms with Crippen molar-refractivity contribution in [1.82, 2.24) is 20.3 Å². The number of rotatable bonds is 12. The van der Waals surface area contributed by atoms with Crippen molar-refractivity contribution in [3.63, 3.8) is 0 Å². The number of anilines is 2. The van der Waals surface area contributed by atoms with Crippen LogP contribution >= 0.6 is 0 Å². The van der Waals surface area contributed by atoms with Gasteiger partial charge < -0.3 is 34.2 Å². The Morgan fingerprint density at radius 3 is 2.62 bits per heavy atom. The minimum atomic E-state index is -3.39. The fraction of sp³-hybridized carbons (Fsp3) is 0.450. The minimum Gasteiger partial charge on any atom is -0.497 e. The molecule has 0 aliphatic carbocycles. The number of carbonyl (C=O) groups is 2. The van der Waals surface area contributed by atoms with E-state index in [4.69, 9.17) is 9.47 Å². The molecule has 2 fully saturated rings. The lowest BCUT2D eigenvalue weighted by atomic mass is 9.82. The van der Waals surface area contributed by atoms with E-state index in [9.17, 15) is 14.7 Å². The number of aromatic nitrogens is 3. The molecule has 0 radical (unpaired) electrons. The van der Waals surface area contributed by atoms with Crippen LogP contribution in [0.2, 0.25) is 18.6 Å². The van der Waals surface area contributed by atoms with Crippen molar-refractivity contribution in [3.05, 3.63) is 101 Å². The molecule has 4 aromatic rings. The highest BCUT2D eigenvalue weighted by Gasteiger charge is 2.66. The molecular formula is C40H49FN6O5Si. The lowest BCUT2D eigenvalue weighted by Gasteiger charge is -2.31. The van der Waals surface area contributed by atoms with Crippen LogP contribution in [-0.2, 0) is 33.0 Å². The largest absolute Gasteiger partial charge is 0.497 e. The van der Waals surface area contributed by atoms with E-state index >= 15 is 4.11 Å². The van der Waals surface area contributed by atoms with E-state index in [0.29, 0.717) is 47.9 Å². The van der Waals surface area contributed by atoms with Crippen molar-refractivity contribution < 1.29 is 28.3 Å². The number of aryl methyl sites for hydroxylation is 1. The molecule has 3 aliphatic heterocycles. The zero-order chi connectivity index (χ0) is 37.3. The maximum Gasteiger partial charge on any atom is 0.264 e. The molecule has 2 amide bonds. The van der Waals surface area contributed by atoms with Gasteiger partial charge in [0, 0.05) is 42.0 Å². The zero-order valence-corrected chi connectivity index (χ0v) is 31.8. The van der Waals surface area contributed by atoms with Gasteiger partial charge in [0.15, 0.2) is 5.60 Å². The Morgan fingerprint density at radius 2 is 1.94 bits per heavy atom. The van der Waals surface area contributed by atoms with E-state index in [1.165, 1.54) is 0 Å². The van der Waals surface area contributed by atoms with Crippen LogP contribution in [0.1, 0.15) is 54.5 Å². The van der Waals surface area contributed by atoms with Gasteiger partial charge in [-0.25, -0.2) is 0 Å². The molecule has 1 aromatic heterocycles. The number of nitrogens with one attached hydrogen (secondary N) is 2. The molecule has 2 unspecified atom stereocenters. The van der Waals surface area contributed by atoms with Gasteiger partial charge in [0.2, 0.25) is 14.3 Å². The third-order valence-corrected chi connectivity index (χ3v) is 13.8. The Hall–Kier alpha value is -4.43. The van der Waals surface area contributed by atoms with Gasteiger partial charge >= 0.3 is 0 Å². The van der Waals surface area contributed by atoms with E-state index < -0.39 is 31.6 Å². The molecule has 1 spiro atoms. The van der Waals surface area contributed by atoms with E-state index in [2.05, 4.69) is 20.9 Å². The number of aliphatic hydroxyl groups excluding tert-OH is 1. The number of ether oxygens (including phenoxy) is 2. The molecule has 6 atom stereocenters. The second kappa shape index (κ2) is 15.1. The van der Waals surface area contributed by atoms with E-state index in [1.807, 2.05) is 85.9 Å². The molecular weight excluding hydrogens is 692 g/mol. The van der Waals surface area contributed by atoms with Gasteiger partial charge in [0.05, 0.1) is 49.6 Å². The van der Waals surface area contributed by atoms with Gasteiger partial charge in [-0.1, -0.05) is 54.6 Å². The molecule has 11 nitrogen and oxygen atoms in total. The number of piperidine rings is 1. The number of hydrogen-bond donors (Lipinski definition) is 3. The van der Waals surface area contributed by atoms with Crippen molar-refractivity contribution in [2.45, 2.75) is 75.5 Å². The van der Waals surface area contributed by atoms with Gasteiger partial charge in [0.25, 0.3) is 5.91 Å². The van der Waals surface area contributed by atoms with Crippen LogP contribution < -0.4 is 20.3 Å². The monoisotopic (exact) mass is 740 g/mol. The SMILES string of the molecule is COc1ccc2c(c1)[C@@]1(O[C@H](CCn3cc(C(CO)c4ccccc4)nn3)[C@@H]([Si](C)(C)F)[C@@H]1C)C(=O)N2Cc1ccc(NC(=O)C2CCCNC2)cc1. The predicted octanol–water partition coefficient (Wildman–Crippen LogP) is 5.76. The Labute approximate surface area is 311 Å². The quantitative estimate of drug-likeness (QED) is 0.124.